The molecule has 0 aliphatic rings. The second-order valence-electron chi connectivity index (χ2n) is 7.28. The molecular formula is C26H29N3OS. The number of aryl methyl sites for hydroxylation is 1. The van der Waals surface area contributed by atoms with Crippen LogP contribution in [0.5, 0.6) is 5.75 Å². The number of rotatable bonds is 9. The summed E-state index contributed by atoms with van der Waals surface area (Å²) < 4.78 is 5.97. The summed E-state index contributed by atoms with van der Waals surface area (Å²) in [6.45, 7) is 4.92. The second kappa shape index (κ2) is 12.0. The SMILES string of the molecule is CCCCOc1ccc(-c2ccc(C)cc2)cc1C=NN=C(N)SCc1ccccc1. The lowest BCUT2D eigenvalue weighted by atomic mass is 10.0. The third-order valence-electron chi connectivity index (χ3n) is 4.73. The summed E-state index contributed by atoms with van der Waals surface area (Å²) in [4.78, 5) is 0. The van der Waals surface area contributed by atoms with E-state index in [0.29, 0.717) is 11.8 Å². The molecule has 3 aromatic carbocycles. The Kier molecular flexibility index (Phi) is 8.73. The largest absolute Gasteiger partial charge is 0.493 e. The summed E-state index contributed by atoms with van der Waals surface area (Å²) >= 11 is 1.47. The highest BCUT2D eigenvalue weighted by Crippen LogP contribution is 2.26. The van der Waals surface area contributed by atoms with Crippen molar-refractivity contribution in [3.8, 4) is 16.9 Å². The highest BCUT2D eigenvalue weighted by atomic mass is 32.2. The zero-order valence-corrected chi connectivity index (χ0v) is 18.9. The Balaban J connectivity index is 1.75. The molecule has 160 valence electrons. The molecule has 0 radical (unpaired) electrons. The minimum Gasteiger partial charge on any atom is -0.493 e. The van der Waals surface area contributed by atoms with E-state index in [9.17, 15) is 0 Å². The fourth-order valence-electron chi connectivity index (χ4n) is 2.94. The summed E-state index contributed by atoms with van der Waals surface area (Å²) in [6, 6.07) is 24.8. The van der Waals surface area contributed by atoms with Crippen LogP contribution in [0.3, 0.4) is 0 Å². The first kappa shape index (κ1) is 22.6. The predicted octanol–water partition coefficient (Wildman–Crippen LogP) is 6.42. The van der Waals surface area contributed by atoms with E-state index in [0.717, 1.165) is 41.0 Å². The second-order valence-corrected chi connectivity index (χ2v) is 8.27. The molecule has 2 N–H and O–H groups in total. The Morgan fingerprint density at radius 3 is 2.48 bits per heavy atom. The Morgan fingerprint density at radius 2 is 1.74 bits per heavy atom. The van der Waals surface area contributed by atoms with Crippen LogP contribution in [0.25, 0.3) is 11.1 Å². The van der Waals surface area contributed by atoms with Gasteiger partial charge in [-0.05, 0) is 42.2 Å². The summed E-state index contributed by atoms with van der Waals surface area (Å²) in [5.41, 5.74) is 11.6. The molecular weight excluding hydrogens is 402 g/mol. The monoisotopic (exact) mass is 431 g/mol. The van der Waals surface area contributed by atoms with Crippen molar-refractivity contribution in [3.05, 3.63) is 89.5 Å². The average molecular weight is 432 g/mol. The lowest BCUT2D eigenvalue weighted by molar-refractivity contribution is 0.309. The van der Waals surface area contributed by atoms with Crippen molar-refractivity contribution in [1.29, 1.82) is 0 Å². The normalized spacial score (nSPS) is 11.7. The first-order valence-electron chi connectivity index (χ1n) is 10.5. The van der Waals surface area contributed by atoms with E-state index in [1.165, 1.54) is 22.9 Å². The van der Waals surface area contributed by atoms with Gasteiger partial charge in [0, 0.05) is 11.3 Å². The number of thioether (sulfide) groups is 1. The summed E-state index contributed by atoms with van der Waals surface area (Å²) in [5.74, 6) is 1.57. The predicted molar refractivity (Wildman–Crippen MR) is 134 cm³/mol. The third kappa shape index (κ3) is 7.30. The highest BCUT2D eigenvalue weighted by Gasteiger charge is 2.06. The molecule has 0 amide bonds. The summed E-state index contributed by atoms with van der Waals surface area (Å²) in [5, 5.41) is 8.82. The zero-order valence-electron chi connectivity index (χ0n) is 18.1. The molecule has 4 nitrogen and oxygen atoms in total. The van der Waals surface area contributed by atoms with Crippen LogP contribution in [0, 0.1) is 6.92 Å². The first-order chi connectivity index (χ1) is 15.2. The molecule has 0 aromatic heterocycles. The van der Waals surface area contributed by atoms with Crippen LogP contribution in [0.15, 0.2) is 83.0 Å². The van der Waals surface area contributed by atoms with Crippen LogP contribution in [0.1, 0.15) is 36.5 Å². The minimum absolute atomic E-state index is 0.434. The number of amidine groups is 1. The quantitative estimate of drug-likeness (QED) is 0.184. The molecule has 3 rings (SSSR count). The van der Waals surface area contributed by atoms with Gasteiger partial charge in [-0.25, -0.2) is 0 Å². The average Bonchev–Trinajstić information content (AvgIpc) is 2.80. The van der Waals surface area contributed by atoms with Crippen molar-refractivity contribution in [2.45, 2.75) is 32.4 Å². The van der Waals surface area contributed by atoms with Crippen molar-refractivity contribution in [1.82, 2.24) is 0 Å². The van der Waals surface area contributed by atoms with Gasteiger partial charge in [0.2, 0.25) is 0 Å². The van der Waals surface area contributed by atoms with Crippen molar-refractivity contribution >= 4 is 23.1 Å². The molecule has 3 aromatic rings. The molecule has 0 aliphatic heterocycles. The van der Waals surface area contributed by atoms with Crippen molar-refractivity contribution in [2.75, 3.05) is 6.61 Å². The fraction of sp³-hybridized carbons (Fsp3) is 0.231. The standard InChI is InChI=1S/C26H29N3OS/c1-3-4-16-30-25-15-14-23(22-12-10-20(2)11-13-22)17-24(25)18-28-29-26(27)31-19-21-8-6-5-7-9-21/h5-15,17-18H,3-4,16,19H2,1-2H3,(H2,27,29). The molecule has 5 heteroatoms. The van der Waals surface area contributed by atoms with Crippen LogP contribution >= 0.6 is 11.8 Å². The van der Waals surface area contributed by atoms with Gasteiger partial charge in [0.25, 0.3) is 0 Å². The maximum atomic E-state index is 6.03. The van der Waals surface area contributed by atoms with Gasteiger partial charge in [0.05, 0.1) is 12.8 Å². The van der Waals surface area contributed by atoms with Gasteiger partial charge in [0.1, 0.15) is 5.75 Å². The minimum atomic E-state index is 0.434. The molecule has 31 heavy (non-hydrogen) atoms. The molecule has 0 aliphatic carbocycles. The number of benzene rings is 3. The van der Waals surface area contributed by atoms with E-state index in [-0.39, 0.29) is 0 Å². The van der Waals surface area contributed by atoms with Crippen LogP contribution in [0.2, 0.25) is 0 Å². The van der Waals surface area contributed by atoms with E-state index >= 15 is 0 Å². The van der Waals surface area contributed by atoms with Gasteiger partial charge in [-0.2, -0.15) is 5.10 Å². The number of hydrogen-bond donors (Lipinski definition) is 1. The van der Waals surface area contributed by atoms with E-state index in [2.05, 4.69) is 72.6 Å². The number of unbranched alkanes of at least 4 members (excludes halogenated alkanes) is 1. The van der Waals surface area contributed by atoms with Gasteiger partial charge in [-0.15, -0.1) is 5.10 Å². The molecule has 0 unspecified atom stereocenters. The van der Waals surface area contributed by atoms with E-state index < -0.39 is 0 Å². The highest BCUT2D eigenvalue weighted by molar-refractivity contribution is 8.13. The smallest absolute Gasteiger partial charge is 0.180 e. The van der Waals surface area contributed by atoms with Gasteiger partial charge < -0.3 is 10.5 Å². The Labute approximate surface area is 189 Å². The molecule has 0 saturated heterocycles. The molecule has 0 fully saturated rings. The molecule has 0 heterocycles. The van der Waals surface area contributed by atoms with Crippen molar-refractivity contribution < 1.29 is 4.74 Å². The van der Waals surface area contributed by atoms with Crippen LogP contribution in [-0.2, 0) is 5.75 Å². The van der Waals surface area contributed by atoms with Crippen molar-refractivity contribution in [3.63, 3.8) is 0 Å². The van der Waals surface area contributed by atoms with Crippen molar-refractivity contribution in [2.24, 2.45) is 15.9 Å². The Bertz CT molecular complexity index is 1010. The van der Waals surface area contributed by atoms with E-state index in [4.69, 9.17) is 10.5 Å². The number of nitrogens with zero attached hydrogens (tertiary/aromatic N) is 2. The lowest BCUT2D eigenvalue weighted by Gasteiger charge is -2.11. The van der Waals surface area contributed by atoms with Crippen LogP contribution in [-0.4, -0.2) is 18.0 Å². The maximum absolute atomic E-state index is 6.03. The number of ether oxygens (including phenoxy) is 1. The Hall–Kier alpha value is -3.05. The summed E-state index contributed by atoms with van der Waals surface area (Å²) in [6.07, 6.45) is 3.82. The van der Waals surface area contributed by atoms with Gasteiger partial charge in [0.15, 0.2) is 5.17 Å². The lowest BCUT2D eigenvalue weighted by Crippen LogP contribution is -2.06. The maximum Gasteiger partial charge on any atom is 0.180 e. The van der Waals surface area contributed by atoms with Gasteiger partial charge in [-0.1, -0.05) is 91.3 Å². The van der Waals surface area contributed by atoms with Gasteiger partial charge >= 0.3 is 0 Å². The first-order valence-corrected chi connectivity index (χ1v) is 11.5. The fourth-order valence-corrected chi connectivity index (χ4v) is 3.55. The zero-order chi connectivity index (χ0) is 21.9. The Morgan fingerprint density at radius 1 is 1.00 bits per heavy atom. The molecule has 0 saturated carbocycles. The number of nitrogens with two attached hydrogens (primary N) is 1. The number of hydrogen-bond acceptors (Lipinski definition) is 4. The van der Waals surface area contributed by atoms with Gasteiger partial charge in [-0.3, -0.25) is 0 Å². The van der Waals surface area contributed by atoms with E-state index in [1.807, 2.05) is 24.3 Å². The van der Waals surface area contributed by atoms with Crippen LogP contribution < -0.4 is 10.5 Å². The molecule has 0 bridgehead atoms. The summed E-state index contributed by atoms with van der Waals surface area (Å²) in [7, 11) is 0. The topological polar surface area (TPSA) is 60.0 Å². The van der Waals surface area contributed by atoms with Crippen LogP contribution in [0.4, 0.5) is 0 Å². The third-order valence-corrected chi connectivity index (χ3v) is 5.59. The molecule has 0 spiro atoms. The van der Waals surface area contributed by atoms with E-state index in [1.54, 1.807) is 6.21 Å². The molecule has 0 atom stereocenters.